The number of benzene rings is 2. The maximum absolute atomic E-state index is 11.7. The Morgan fingerprint density at radius 1 is 1.04 bits per heavy atom. The Labute approximate surface area is 136 Å². The summed E-state index contributed by atoms with van der Waals surface area (Å²) in [6, 6.07) is 15.2. The number of carbonyl (C=O) groups is 1. The predicted octanol–water partition coefficient (Wildman–Crippen LogP) is 3.17. The number of nitrogens with one attached hydrogen (secondary N) is 1. The summed E-state index contributed by atoms with van der Waals surface area (Å²) in [5.41, 5.74) is 1.95. The molecule has 0 heterocycles. The molecule has 0 spiro atoms. The van der Waals surface area contributed by atoms with Crippen molar-refractivity contribution in [1.29, 1.82) is 0 Å². The van der Waals surface area contributed by atoms with Crippen molar-refractivity contribution in [2.45, 2.75) is 13.0 Å². The van der Waals surface area contributed by atoms with Crippen molar-refractivity contribution >= 4 is 6.09 Å². The van der Waals surface area contributed by atoms with Crippen molar-refractivity contribution in [3.8, 4) is 11.5 Å². The summed E-state index contributed by atoms with van der Waals surface area (Å²) in [4.78, 5) is 11.7. The maximum atomic E-state index is 11.7. The lowest BCUT2D eigenvalue weighted by atomic mass is 10.1. The van der Waals surface area contributed by atoms with Gasteiger partial charge in [-0.1, -0.05) is 36.4 Å². The highest BCUT2D eigenvalue weighted by Gasteiger charge is 2.07. The van der Waals surface area contributed by atoms with Crippen LogP contribution >= 0.6 is 0 Å². The molecule has 23 heavy (non-hydrogen) atoms. The fraction of sp³-hybridized carbons (Fsp3) is 0.278. The van der Waals surface area contributed by atoms with Gasteiger partial charge in [0.1, 0.15) is 18.1 Å². The topological polar surface area (TPSA) is 56.8 Å². The third-order valence-corrected chi connectivity index (χ3v) is 3.37. The molecule has 5 nitrogen and oxygen atoms in total. The van der Waals surface area contributed by atoms with E-state index in [-0.39, 0.29) is 6.61 Å². The summed E-state index contributed by atoms with van der Waals surface area (Å²) in [6.45, 7) is 0.731. The van der Waals surface area contributed by atoms with E-state index >= 15 is 0 Å². The predicted molar refractivity (Wildman–Crippen MR) is 87.9 cm³/mol. The molecule has 2 aromatic carbocycles. The molecule has 2 rings (SSSR count). The van der Waals surface area contributed by atoms with Crippen LogP contribution in [-0.2, 0) is 17.8 Å². The molecule has 1 amide bonds. The van der Waals surface area contributed by atoms with E-state index in [0.29, 0.717) is 13.0 Å². The molecule has 0 fully saturated rings. The third kappa shape index (κ3) is 5.21. The molecule has 0 aromatic heterocycles. The van der Waals surface area contributed by atoms with Crippen molar-refractivity contribution in [2.24, 2.45) is 0 Å². The summed E-state index contributed by atoms with van der Waals surface area (Å²) in [6.07, 6.45) is 0.217. The minimum absolute atomic E-state index is 0.262. The van der Waals surface area contributed by atoms with Gasteiger partial charge in [-0.05, 0) is 23.6 Å². The highest BCUT2D eigenvalue weighted by Crippen LogP contribution is 2.24. The quantitative estimate of drug-likeness (QED) is 0.852. The minimum Gasteiger partial charge on any atom is -0.497 e. The Hall–Kier alpha value is -2.69. The van der Waals surface area contributed by atoms with E-state index in [4.69, 9.17) is 14.2 Å². The number of hydrogen-bond acceptors (Lipinski definition) is 4. The monoisotopic (exact) mass is 315 g/mol. The fourth-order valence-electron chi connectivity index (χ4n) is 2.13. The van der Waals surface area contributed by atoms with E-state index in [1.54, 1.807) is 14.2 Å². The van der Waals surface area contributed by atoms with Crippen LogP contribution in [-0.4, -0.2) is 26.9 Å². The van der Waals surface area contributed by atoms with E-state index in [9.17, 15) is 4.79 Å². The number of ether oxygens (including phenoxy) is 3. The first-order valence-corrected chi connectivity index (χ1v) is 7.38. The molecular formula is C18H21NO4. The molecule has 0 aliphatic rings. The van der Waals surface area contributed by atoms with Crippen LogP contribution in [0.25, 0.3) is 0 Å². The van der Waals surface area contributed by atoms with Gasteiger partial charge in [0.2, 0.25) is 0 Å². The van der Waals surface area contributed by atoms with Gasteiger partial charge in [0, 0.05) is 12.6 Å². The van der Waals surface area contributed by atoms with Gasteiger partial charge in [-0.15, -0.1) is 0 Å². The molecule has 1 N–H and O–H groups in total. The molecule has 122 valence electrons. The van der Waals surface area contributed by atoms with Crippen LogP contribution in [0.15, 0.2) is 48.5 Å². The van der Waals surface area contributed by atoms with Crippen LogP contribution in [0.1, 0.15) is 11.1 Å². The van der Waals surface area contributed by atoms with Gasteiger partial charge < -0.3 is 19.5 Å². The van der Waals surface area contributed by atoms with Gasteiger partial charge in [-0.3, -0.25) is 0 Å². The number of hydrogen-bond donors (Lipinski definition) is 1. The van der Waals surface area contributed by atoms with Gasteiger partial charge in [0.25, 0.3) is 0 Å². The van der Waals surface area contributed by atoms with Crippen LogP contribution in [0.2, 0.25) is 0 Å². The van der Waals surface area contributed by atoms with Gasteiger partial charge in [-0.25, -0.2) is 4.79 Å². The van der Waals surface area contributed by atoms with Crippen LogP contribution in [0.4, 0.5) is 4.79 Å². The van der Waals surface area contributed by atoms with E-state index in [1.165, 1.54) is 0 Å². The van der Waals surface area contributed by atoms with E-state index in [1.807, 2.05) is 48.5 Å². The van der Waals surface area contributed by atoms with Crippen LogP contribution in [0.3, 0.4) is 0 Å². The number of methoxy groups -OCH3 is 2. The molecule has 0 saturated carbocycles. The molecule has 5 heteroatoms. The molecule has 0 bridgehead atoms. The molecule has 0 radical (unpaired) electrons. The molecular weight excluding hydrogens is 294 g/mol. The van der Waals surface area contributed by atoms with E-state index in [2.05, 4.69) is 5.32 Å². The number of alkyl carbamates (subject to hydrolysis) is 1. The molecule has 0 aliphatic carbocycles. The smallest absolute Gasteiger partial charge is 0.407 e. The van der Waals surface area contributed by atoms with Crippen molar-refractivity contribution in [2.75, 3.05) is 20.8 Å². The second-order valence-corrected chi connectivity index (χ2v) is 4.92. The lowest BCUT2D eigenvalue weighted by Gasteiger charge is -2.11. The lowest BCUT2D eigenvalue weighted by Crippen LogP contribution is -2.26. The second-order valence-electron chi connectivity index (χ2n) is 4.92. The zero-order valence-corrected chi connectivity index (χ0v) is 13.4. The van der Waals surface area contributed by atoms with Gasteiger partial charge >= 0.3 is 6.09 Å². The van der Waals surface area contributed by atoms with Crippen molar-refractivity contribution < 1.29 is 19.0 Å². The van der Waals surface area contributed by atoms with Crippen molar-refractivity contribution in [3.63, 3.8) is 0 Å². The largest absolute Gasteiger partial charge is 0.497 e. The summed E-state index contributed by atoms with van der Waals surface area (Å²) >= 11 is 0. The van der Waals surface area contributed by atoms with E-state index < -0.39 is 6.09 Å². The summed E-state index contributed by atoms with van der Waals surface area (Å²) < 4.78 is 15.6. The number of carbonyl (C=O) groups excluding carboxylic acids is 1. The van der Waals surface area contributed by atoms with Gasteiger partial charge in [0.05, 0.1) is 14.2 Å². The molecule has 0 atom stereocenters. The number of amides is 1. The third-order valence-electron chi connectivity index (χ3n) is 3.37. The maximum Gasteiger partial charge on any atom is 0.407 e. The Balaban J connectivity index is 1.77. The first-order valence-electron chi connectivity index (χ1n) is 7.38. The average molecular weight is 315 g/mol. The van der Waals surface area contributed by atoms with Crippen molar-refractivity contribution in [3.05, 3.63) is 59.7 Å². The zero-order chi connectivity index (χ0) is 16.5. The zero-order valence-electron chi connectivity index (χ0n) is 13.4. The summed E-state index contributed by atoms with van der Waals surface area (Å²) in [5.74, 6) is 1.48. The first kappa shape index (κ1) is 16.7. The van der Waals surface area contributed by atoms with Gasteiger partial charge in [-0.2, -0.15) is 0 Å². The SMILES string of the molecule is COc1ccc(CCNC(=O)OCc2ccccc2)c(OC)c1. The van der Waals surface area contributed by atoms with Crippen molar-refractivity contribution in [1.82, 2.24) is 5.32 Å². The average Bonchev–Trinajstić information content (AvgIpc) is 2.61. The first-order chi connectivity index (χ1) is 11.2. The second kappa shape index (κ2) is 8.68. The Bertz CT molecular complexity index is 628. The Kier molecular flexibility index (Phi) is 6.29. The minimum atomic E-state index is -0.429. The Morgan fingerprint density at radius 3 is 2.52 bits per heavy atom. The van der Waals surface area contributed by atoms with Gasteiger partial charge in [0.15, 0.2) is 0 Å². The Morgan fingerprint density at radius 2 is 1.83 bits per heavy atom. The standard InChI is InChI=1S/C18H21NO4/c1-21-16-9-8-15(17(12-16)22-2)10-11-19-18(20)23-13-14-6-4-3-5-7-14/h3-9,12H,10-11,13H2,1-2H3,(H,19,20). The highest BCUT2D eigenvalue weighted by atomic mass is 16.5. The molecule has 0 aliphatic heterocycles. The van der Waals surface area contributed by atoms with Crippen LogP contribution in [0, 0.1) is 0 Å². The summed E-state index contributed by atoms with van der Waals surface area (Å²) in [7, 11) is 3.22. The number of rotatable bonds is 7. The highest BCUT2D eigenvalue weighted by molar-refractivity contribution is 5.67. The molecule has 0 unspecified atom stereocenters. The lowest BCUT2D eigenvalue weighted by molar-refractivity contribution is 0.140. The summed E-state index contributed by atoms with van der Waals surface area (Å²) in [5, 5.41) is 2.73. The molecule has 2 aromatic rings. The van der Waals surface area contributed by atoms with Crippen LogP contribution < -0.4 is 14.8 Å². The normalized spacial score (nSPS) is 10.0. The van der Waals surface area contributed by atoms with E-state index in [0.717, 1.165) is 22.6 Å². The fourth-order valence-corrected chi connectivity index (χ4v) is 2.13. The molecule has 0 saturated heterocycles. The van der Waals surface area contributed by atoms with Crippen LogP contribution in [0.5, 0.6) is 11.5 Å².